The molecular weight excluding hydrogens is 733 g/mol. The zero-order chi connectivity index (χ0) is 39.9. The zero-order valence-corrected chi connectivity index (χ0v) is 33.1. The number of carbonyl (C=O) groups excluding carboxylic acids is 3. The van der Waals surface area contributed by atoms with E-state index < -0.39 is 33.9 Å². The second kappa shape index (κ2) is 17.9. The summed E-state index contributed by atoms with van der Waals surface area (Å²) in [5.74, 6) is 0.985. The fourth-order valence-electron chi connectivity index (χ4n) is 6.20. The molecule has 0 radical (unpaired) electrons. The number of amides is 3. The number of aromatic nitrogens is 4. The van der Waals surface area contributed by atoms with Gasteiger partial charge in [-0.3, -0.25) is 14.4 Å². The van der Waals surface area contributed by atoms with Gasteiger partial charge >= 0.3 is 0 Å². The minimum absolute atomic E-state index is 0.0113. The van der Waals surface area contributed by atoms with E-state index in [0.29, 0.717) is 47.4 Å². The molecule has 0 bridgehead atoms. The van der Waals surface area contributed by atoms with Crippen molar-refractivity contribution in [2.45, 2.75) is 90.4 Å². The Kier molecular flexibility index (Phi) is 13.4. The van der Waals surface area contributed by atoms with Gasteiger partial charge in [-0.05, 0) is 69.4 Å². The first kappa shape index (κ1) is 40.9. The molecule has 0 fully saturated rings. The standard InChI is InChI=1S/C37H50N8O9S/c1-8-22(2)34-37(48)39-25(5)36-40-30(20-26-12-13-27(51-6)29(19-26)52-7)42-45(36)21-32(47)38-16-10-18-44(17-9-11-31(46)41-34)55(49,50)33-15-14-28(53-33)35-23(3)24(4)43-54-35/h12-15,19,22,25,34H,8-11,16-18,20-21H2,1-7H3,(H,38,47)(H,39,48)(H,41,46)/t22-,25+,34-/m0/s1. The highest BCUT2D eigenvalue weighted by molar-refractivity contribution is 7.89. The number of rotatable bonds is 9. The van der Waals surface area contributed by atoms with Crippen LogP contribution >= 0.6 is 0 Å². The van der Waals surface area contributed by atoms with Crippen molar-refractivity contribution in [3.63, 3.8) is 0 Å². The van der Waals surface area contributed by atoms with Crippen molar-refractivity contribution in [3.05, 3.63) is 58.8 Å². The first-order valence-corrected chi connectivity index (χ1v) is 19.7. The monoisotopic (exact) mass is 782 g/mol. The molecule has 0 saturated carbocycles. The lowest BCUT2D eigenvalue weighted by Crippen LogP contribution is -2.51. The van der Waals surface area contributed by atoms with Crippen molar-refractivity contribution in [2.24, 2.45) is 5.92 Å². The van der Waals surface area contributed by atoms with Gasteiger partial charge in [-0.25, -0.2) is 18.1 Å². The molecule has 0 saturated heterocycles. The molecular formula is C37H50N8O9S. The molecule has 0 unspecified atom stereocenters. The number of nitrogens with zero attached hydrogens (tertiary/aromatic N) is 5. The predicted octanol–water partition coefficient (Wildman–Crippen LogP) is 3.45. The van der Waals surface area contributed by atoms with Crippen molar-refractivity contribution in [3.8, 4) is 23.0 Å². The van der Waals surface area contributed by atoms with Crippen LogP contribution in [0.25, 0.3) is 11.5 Å². The normalized spacial score (nSPS) is 19.0. The molecule has 3 aromatic heterocycles. The molecule has 5 rings (SSSR count). The van der Waals surface area contributed by atoms with Gasteiger partial charge in [0.1, 0.15) is 18.4 Å². The van der Waals surface area contributed by atoms with Crippen molar-refractivity contribution >= 4 is 27.7 Å². The SMILES string of the molecule is CC[C@H](C)[C@@H]1NC(=O)CCCN(S(=O)(=O)c2ccc(-c3onc(C)c3C)o2)CCCNC(=O)Cn2nc(Cc3ccc(OC)c(OC)c3)nc2[C@@H](C)NC1=O. The lowest BCUT2D eigenvalue weighted by molar-refractivity contribution is -0.130. The molecule has 298 valence electrons. The van der Waals surface area contributed by atoms with E-state index in [-0.39, 0.29) is 68.1 Å². The van der Waals surface area contributed by atoms with Crippen LogP contribution in [0.15, 0.2) is 44.4 Å². The van der Waals surface area contributed by atoms with Gasteiger partial charge in [0.15, 0.2) is 23.1 Å². The molecule has 3 N–H and O–H groups in total. The van der Waals surface area contributed by atoms with Gasteiger partial charge in [0.05, 0.1) is 26.0 Å². The van der Waals surface area contributed by atoms with Crippen molar-refractivity contribution in [1.82, 2.24) is 40.2 Å². The number of benzene rings is 1. The van der Waals surface area contributed by atoms with E-state index in [0.717, 1.165) is 11.1 Å². The summed E-state index contributed by atoms with van der Waals surface area (Å²) in [4.78, 5) is 45.0. The third kappa shape index (κ3) is 9.72. The van der Waals surface area contributed by atoms with Crippen LogP contribution in [0.4, 0.5) is 0 Å². The maximum Gasteiger partial charge on any atom is 0.276 e. The number of furan rings is 1. The zero-order valence-electron chi connectivity index (χ0n) is 32.3. The van der Waals surface area contributed by atoms with Gasteiger partial charge in [-0.1, -0.05) is 31.5 Å². The van der Waals surface area contributed by atoms with Gasteiger partial charge in [0.25, 0.3) is 10.0 Å². The van der Waals surface area contributed by atoms with E-state index in [2.05, 4.69) is 26.2 Å². The van der Waals surface area contributed by atoms with Crippen LogP contribution in [0.1, 0.15) is 81.0 Å². The molecule has 1 aliphatic heterocycles. The molecule has 0 aliphatic carbocycles. The number of methoxy groups -OCH3 is 2. The summed E-state index contributed by atoms with van der Waals surface area (Å²) in [7, 11) is -1.08. The summed E-state index contributed by atoms with van der Waals surface area (Å²) in [5, 5.41) is 16.9. The number of aryl methyl sites for hydroxylation is 1. The van der Waals surface area contributed by atoms with Crippen LogP contribution in [-0.4, -0.2) is 90.3 Å². The second-order valence-corrected chi connectivity index (χ2v) is 15.5. The number of carbonyl (C=O) groups is 3. The summed E-state index contributed by atoms with van der Waals surface area (Å²) in [6.07, 6.45) is 1.30. The largest absolute Gasteiger partial charge is 0.493 e. The van der Waals surface area contributed by atoms with E-state index in [1.54, 1.807) is 41.1 Å². The first-order valence-electron chi connectivity index (χ1n) is 18.3. The van der Waals surface area contributed by atoms with Gasteiger partial charge < -0.3 is 34.4 Å². The van der Waals surface area contributed by atoms with Gasteiger partial charge in [0.2, 0.25) is 28.6 Å². The summed E-state index contributed by atoms with van der Waals surface area (Å²) in [6.45, 7) is 9.05. The minimum atomic E-state index is -4.17. The number of ether oxygens (including phenoxy) is 2. The highest BCUT2D eigenvalue weighted by Gasteiger charge is 2.31. The third-order valence-corrected chi connectivity index (χ3v) is 11.5. The van der Waals surface area contributed by atoms with E-state index in [1.165, 1.54) is 21.1 Å². The van der Waals surface area contributed by atoms with Crippen LogP contribution in [-0.2, 0) is 37.4 Å². The minimum Gasteiger partial charge on any atom is -0.493 e. The number of hydrogen-bond acceptors (Lipinski definition) is 12. The highest BCUT2D eigenvalue weighted by Crippen LogP contribution is 2.31. The average Bonchev–Trinajstić information content (AvgIpc) is 3.89. The molecule has 3 atom stereocenters. The lowest BCUT2D eigenvalue weighted by Gasteiger charge is -2.26. The van der Waals surface area contributed by atoms with Crippen molar-refractivity contribution in [1.29, 1.82) is 0 Å². The summed E-state index contributed by atoms with van der Waals surface area (Å²) in [5.41, 5.74) is 2.21. The van der Waals surface area contributed by atoms with Crippen LogP contribution in [0, 0.1) is 19.8 Å². The molecule has 3 amide bonds. The van der Waals surface area contributed by atoms with Crippen molar-refractivity contribution in [2.75, 3.05) is 33.9 Å². The van der Waals surface area contributed by atoms with Crippen molar-refractivity contribution < 1.29 is 41.2 Å². The third-order valence-electron chi connectivity index (χ3n) is 9.68. The summed E-state index contributed by atoms with van der Waals surface area (Å²) in [6, 6.07) is 6.76. The number of hydrogen-bond donors (Lipinski definition) is 3. The quantitative estimate of drug-likeness (QED) is 0.223. The maximum absolute atomic E-state index is 13.9. The molecule has 4 aromatic rings. The molecule has 1 aromatic carbocycles. The van der Waals surface area contributed by atoms with Crippen LogP contribution in [0.2, 0.25) is 0 Å². The van der Waals surface area contributed by atoms with E-state index >= 15 is 0 Å². The van der Waals surface area contributed by atoms with Crippen LogP contribution in [0.5, 0.6) is 11.5 Å². The maximum atomic E-state index is 13.9. The first-order chi connectivity index (χ1) is 26.2. The van der Waals surface area contributed by atoms with Gasteiger partial charge in [-0.2, -0.15) is 9.40 Å². The number of sulfonamides is 1. The Morgan fingerprint density at radius 1 is 1.00 bits per heavy atom. The smallest absolute Gasteiger partial charge is 0.276 e. The molecule has 1 aliphatic rings. The average molecular weight is 783 g/mol. The Hall–Kier alpha value is -5.23. The van der Waals surface area contributed by atoms with Gasteiger partial charge in [0, 0.05) is 38.0 Å². The topological polar surface area (TPSA) is 213 Å². The van der Waals surface area contributed by atoms with E-state index in [9.17, 15) is 22.8 Å². The molecule has 18 heteroatoms. The Morgan fingerprint density at radius 3 is 2.44 bits per heavy atom. The fourth-order valence-corrected chi connectivity index (χ4v) is 7.63. The van der Waals surface area contributed by atoms with E-state index in [1.807, 2.05) is 26.0 Å². The molecule has 4 heterocycles. The predicted molar refractivity (Wildman–Crippen MR) is 200 cm³/mol. The Labute approximate surface area is 320 Å². The molecule has 0 spiro atoms. The lowest BCUT2D eigenvalue weighted by atomic mass is 9.97. The number of nitrogens with one attached hydrogen (secondary N) is 3. The molecule has 17 nitrogen and oxygen atoms in total. The van der Waals surface area contributed by atoms with E-state index in [4.69, 9.17) is 23.4 Å². The Morgan fingerprint density at radius 2 is 1.75 bits per heavy atom. The second-order valence-electron chi connectivity index (χ2n) is 13.6. The fraction of sp³-hybridized carbons (Fsp3) is 0.514. The van der Waals surface area contributed by atoms with Crippen LogP contribution in [0.3, 0.4) is 0 Å². The Bertz CT molecular complexity index is 2090. The number of fused-ring (bicyclic) bond motifs is 1. The summed E-state index contributed by atoms with van der Waals surface area (Å²) >= 11 is 0. The molecule has 55 heavy (non-hydrogen) atoms. The van der Waals surface area contributed by atoms with Gasteiger partial charge in [-0.15, -0.1) is 0 Å². The summed E-state index contributed by atoms with van der Waals surface area (Å²) < 4.78 is 52.4. The van der Waals surface area contributed by atoms with Crippen LogP contribution < -0.4 is 25.4 Å². The Balaban J connectivity index is 1.40. The highest BCUT2D eigenvalue weighted by atomic mass is 32.2.